The van der Waals surface area contributed by atoms with Gasteiger partial charge in [-0.15, -0.1) is 5.10 Å². The number of unbranched alkanes of at least 4 members (excludes halogenated alkanes) is 1. The summed E-state index contributed by atoms with van der Waals surface area (Å²) in [6, 6.07) is 1.93. The van der Waals surface area contributed by atoms with E-state index in [1.54, 1.807) is 0 Å². The topological polar surface area (TPSA) is 83.3 Å². The average Bonchev–Trinajstić information content (AvgIpc) is 2.77. The van der Waals surface area contributed by atoms with Crippen LogP contribution in [0.5, 0.6) is 5.88 Å². The van der Waals surface area contributed by atoms with Crippen LogP contribution < -0.4 is 5.56 Å². The Hall–Kier alpha value is -2.37. The number of rotatable bonds is 3. The molecule has 0 unspecified atom stereocenters. The number of H-pyrrole nitrogens is 1. The van der Waals surface area contributed by atoms with Gasteiger partial charge in [0.05, 0.1) is 10.9 Å². The molecule has 2 N–H and O–H groups in total. The minimum atomic E-state index is -0.254. The first kappa shape index (κ1) is 13.6. The maximum absolute atomic E-state index is 12.2. The van der Waals surface area contributed by atoms with Gasteiger partial charge in [0.15, 0.2) is 5.65 Å². The molecule has 0 fully saturated rings. The lowest BCUT2D eigenvalue weighted by molar-refractivity contribution is 0.426. The lowest BCUT2D eigenvalue weighted by Gasteiger charge is -2.04. The highest BCUT2D eigenvalue weighted by Crippen LogP contribution is 2.25. The number of hydrogen-bond donors (Lipinski definition) is 2. The van der Waals surface area contributed by atoms with Crippen LogP contribution in [-0.2, 0) is 6.42 Å². The molecule has 0 aliphatic heterocycles. The van der Waals surface area contributed by atoms with E-state index in [4.69, 9.17) is 0 Å². The average molecular weight is 286 g/mol. The Morgan fingerprint density at radius 3 is 2.86 bits per heavy atom. The highest BCUT2D eigenvalue weighted by molar-refractivity contribution is 5.92. The van der Waals surface area contributed by atoms with Gasteiger partial charge in [0, 0.05) is 5.69 Å². The number of aromatic amines is 1. The molecular weight excluding hydrogens is 268 g/mol. The second-order valence-corrected chi connectivity index (χ2v) is 5.40. The number of fused-ring (bicyclic) bond motifs is 3. The highest BCUT2D eigenvalue weighted by atomic mass is 16.3. The van der Waals surface area contributed by atoms with Crippen LogP contribution in [0.15, 0.2) is 10.9 Å². The molecule has 0 spiro atoms. The second kappa shape index (κ2) is 4.87. The standard InChI is InChI=1S/C15H18N4O2/c1-4-5-6-10-14(20)17-13-11-8(2)7-9(3)16-12(11)18-19(13)15(10)21/h7,21H,4-6H2,1-3H3,(H,17,20). The normalized spacial score (nSPS) is 11.6. The van der Waals surface area contributed by atoms with E-state index in [1.165, 1.54) is 4.52 Å². The van der Waals surface area contributed by atoms with Crippen molar-refractivity contribution in [2.24, 2.45) is 0 Å². The summed E-state index contributed by atoms with van der Waals surface area (Å²) in [5.74, 6) is -0.0859. The quantitative estimate of drug-likeness (QED) is 0.773. The highest BCUT2D eigenvalue weighted by Gasteiger charge is 2.17. The van der Waals surface area contributed by atoms with E-state index in [-0.39, 0.29) is 11.4 Å². The molecule has 3 aromatic heterocycles. The first-order valence-electron chi connectivity index (χ1n) is 7.13. The van der Waals surface area contributed by atoms with Crippen LogP contribution in [0, 0.1) is 13.8 Å². The van der Waals surface area contributed by atoms with Crippen molar-refractivity contribution in [1.82, 2.24) is 19.6 Å². The molecule has 21 heavy (non-hydrogen) atoms. The Morgan fingerprint density at radius 1 is 1.38 bits per heavy atom. The Morgan fingerprint density at radius 2 is 2.14 bits per heavy atom. The molecule has 0 aromatic carbocycles. The van der Waals surface area contributed by atoms with Gasteiger partial charge >= 0.3 is 0 Å². The first-order valence-corrected chi connectivity index (χ1v) is 7.13. The van der Waals surface area contributed by atoms with Crippen LogP contribution in [-0.4, -0.2) is 24.7 Å². The molecule has 0 atom stereocenters. The van der Waals surface area contributed by atoms with Crippen molar-refractivity contribution < 1.29 is 5.11 Å². The van der Waals surface area contributed by atoms with Gasteiger partial charge < -0.3 is 10.1 Å². The van der Waals surface area contributed by atoms with Gasteiger partial charge in [0.25, 0.3) is 5.56 Å². The van der Waals surface area contributed by atoms with E-state index in [1.807, 2.05) is 26.8 Å². The number of aryl methyl sites for hydroxylation is 2. The first-order chi connectivity index (χ1) is 10.0. The summed E-state index contributed by atoms with van der Waals surface area (Å²) in [5, 5.41) is 15.5. The Kier molecular flexibility index (Phi) is 3.16. The van der Waals surface area contributed by atoms with Crippen LogP contribution in [0.3, 0.4) is 0 Å². The van der Waals surface area contributed by atoms with Crippen molar-refractivity contribution in [3.63, 3.8) is 0 Å². The molecule has 3 aromatic rings. The van der Waals surface area contributed by atoms with Crippen molar-refractivity contribution in [3.05, 3.63) is 33.2 Å². The van der Waals surface area contributed by atoms with Gasteiger partial charge in [0.2, 0.25) is 5.88 Å². The third kappa shape index (κ3) is 2.07. The molecule has 110 valence electrons. The van der Waals surface area contributed by atoms with Crippen LogP contribution in [0.2, 0.25) is 0 Å². The maximum atomic E-state index is 12.2. The molecule has 0 aliphatic carbocycles. The van der Waals surface area contributed by atoms with Crippen molar-refractivity contribution in [2.75, 3.05) is 0 Å². The Balaban J connectivity index is 2.37. The molecule has 0 saturated carbocycles. The fraction of sp³-hybridized carbons (Fsp3) is 0.400. The summed E-state index contributed by atoms with van der Waals surface area (Å²) < 4.78 is 1.39. The van der Waals surface area contributed by atoms with E-state index in [2.05, 4.69) is 15.1 Å². The molecule has 3 rings (SSSR count). The second-order valence-electron chi connectivity index (χ2n) is 5.40. The van der Waals surface area contributed by atoms with Gasteiger partial charge in [-0.25, -0.2) is 4.98 Å². The fourth-order valence-electron chi connectivity index (χ4n) is 2.69. The predicted molar refractivity (Wildman–Crippen MR) is 80.9 cm³/mol. The summed E-state index contributed by atoms with van der Waals surface area (Å²) in [7, 11) is 0. The van der Waals surface area contributed by atoms with E-state index in [0.29, 0.717) is 23.3 Å². The third-order valence-corrected chi connectivity index (χ3v) is 3.73. The van der Waals surface area contributed by atoms with E-state index in [9.17, 15) is 9.90 Å². The summed E-state index contributed by atoms with van der Waals surface area (Å²) >= 11 is 0. The summed E-state index contributed by atoms with van der Waals surface area (Å²) in [6.45, 7) is 5.88. The number of nitrogens with zero attached hydrogens (tertiary/aromatic N) is 3. The molecule has 3 heterocycles. The Labute approximate surface area is 121 Å². The molecule has 0 radical (unpaired) electrons. The monoisotopic (exact) mass is 286 g/mol. The van der Waals surface area contributed by atoms with Crippen molar-refractivity contribution in [3.8, 4) is 5.88 Å². The number of pyridine rings is 1. The third-order valence-electron chi connectivity index (χ3n) is 3.73. The zero-order chi connectivity index (χ0) is 15.1. The SMILES string of the molecule is CCCCc1c(O)n2nc3nc(C)cc(C)c3c2[nH]c1=O. The summed E-state index contributed by atoms with van der Waals surface area (Å²) in [6.07, 6.45) is 2.34. The largest absolute Gasteiger partial charge is 0.493 e. The number of aromatic nitrogens is 4. The van der Waals surface area contributed by atoms with Crippen LogP contribution >= 0.6 is 0 Å². The zero-order valence-electron chi connectivity index (χ0n) is 12.4. The molecule has 0 amide bonds. The van der Waals surface area contributed by atoms with Crippen LogP contribution in [0.1, 0.15) is 36.6 Å². The smallest absolute Gasteiger partial charge is 0.258 e. The lowest BCUT2D eigenvalue weighted by Crippen LogP contribution is -2.15. The van der Waals surface area contributed by atoms with Crippen molar-refractivity contribution in [1.29, 1.82) is 0 Å². The van der Waals surface area contributed by atoms with Crippen molar-refractivity contribution in [2.45, 2.75) is 40.0 Å². The van der Waals surface area contributed by atoms with Gasteiger partial charge in [-0.2, -0.15) is 4.52 Å². The lowest BCUT2D eigenvalue weighted by atomic mass is 10.1. The fourth-order valence-corrected chi connectivity index (χ4v) is 2.69. The summed E-state index contributed by atoms with van der Waals surface area (Å²) in [4.78, 5) is 19.4. The van der Waals surface area contributed by atoms with E-state index >= 15 is 0 Å². The number of hydrogen-bond acceptors (Lipinski definition) is 4. The molecule has 6 nitrogen and oxygen atoms in total. The molecule has 6 heteroatoms. The number of aromatic hydroxyl groups is 1. The maximum Gasteiger partial charge on any atom is 0.258 e. The van der Waals surface area contributed by atoms with Gasteiger partial charge in [-0.3, -0.25) is 4.79 Å². The zero-order valence-corrected chi connectivity index (χ0v) is 12.4. The molecule has 0 bridgehead atoms. The number of nitrogens with one attached hydrogen (secondary N) is 1. The molecular formula is C15H18N4O2. The van der Waals surface area contributed by atoms with Crippen molar-refractivity contribution >= 4 is 16.7 Å². The molecule has 0 aliphatic rings. The van der Waals surface area contributed by atoms with E-state index in [0.717, 1.165) is 29.5 Å². The Bertz CT molecular complexity index is 892. The van der Waals surface area contributed by atoms with Crippen LogP contribution in [0.25, 0.3) is 16.7 Å². The minimum Gasteiger partial charge on any atom is -0.493 e. The van der Waals surface area contributed by atoms with E-state index < -0.39 is 0 Å². The summed E-state index contributed by atoms with van der Waals surface area (Å²) in [5.41, 5.74) is 2.99. The van der Waals surface area contributed by atoms with Gasteiger partial charge in [-0.05, 0) is 38.3 Å². The molecule has 0 saturated heterocycles. The predicted octanol–water partition coefficient (Wildman–Crippen LogP) is 2.24. The minimum absolute atomic E-state index is 0.0859. The van der Waals surface area contributed by atoms with Gasteiger partial charge in [-0.1, -0.05) is 13.3 Å². The van der Waals surface area contributed by atoms with Crippen LogP contribution in [0.4, 0.5) is 0 Å². The van der Waals surface area contributed by atoms with Gasteiger partial charge in [0.1, 0.15) is 5.65 Å².